The number of aryl methyl sites for hydroxylation is 2. The number of hydrogen-bond acceptors (Lipinski definition) is 0. The molecule has 0 spiro atoms. The van der Waals surface area contributed by atoms with E-state index in [-0.39, 0.29) is 0 Å². The lowest BCUT2D eigenvalue weighted by Gasteiger charge is -2.15. The standard InChI is InChI=1S/C27H22I2/c1-18-3-13-26(20-5-9-24(28)10-6-20)22(15-18)17-23-16-19(2)4-14-27(23)21-7-11-25(29)12-8-21/h3-16H,17H2,1-2H3. The van der Waals surface area contributed by atoms with Gasteiger partial charge in [0.25, 0.3) is 0 Å². The zero-order valence-corrected chi connectivity index (χ0v) is 20.9. The third kappa shape index (κ3) is 4.92. The Balaban J connectivity index is 1.80. The van der Waals surface area contributed by atoms with E-state index in [0.29, 0.717) is 0 Å². The molecular weight excluding hydrogens is 578 g/mol. The van der Waals surface area contributed by atoms with E-state index < -0.39 is 0 Å². The van der Waals surface area contributed by atoms with Crippen molar-refractivity contribution in [2.24, 2.45) is 0 Å². The van der Waals surface area contributed by atoms with Crippen LogP contribution in [0.2, 0.25) is 0 Å². The van der Waals surface area contributed by atoms with Gasteiger partial charge in [-0.3, -0.25) is 0 Å². The van der Waals surface area contributed by atoms with Crippen molar-refractivity contribution in [2.45, 2.75) is 20.3 Å². The fourth-order valence-corrected chi connectivity index (χ4v) is 4.48. The summed E-state index contributed by atoms with van der Waals surface area (Å²) in [7, 11) is 0. The van der Waals surface area contributed by atoms with Gasteiger partial charge in [0, 0.05) is 7.14 Å². The molecule has 4 rings (SSSR count). The minimum absolute atomic E-state index is 0.923. The van der Waals surface area contributed by atoms with E-state index in [0.717, 1.165) is 6.42 Å². The molecule has 0 aliphatic rings. The van der Waals surface area contributed by atoms with Crippen LogP contribution in [0.3, 0.4) is 0 Å². The van der Waals surface area contributed by atoms with E-state index >= 15 is 0 Å². The Labute approximate surface area is 200 Å². The molecule has 29 heavy (non-hydrogen) atoms. The summed E-state index contributed by atoms with van der Waals surface area (Å²) < 4.78 is 2.53. The average Bonchev–Trinajstić information content (AvgIpc) is 2.70. The van der Waals surface area contributed by atoms with Gasteiger partial charge in [-0.2, -0.15) is 0 Å². The summed E-state index contributed by atoms with van der Waals surface area (Å²) in [5.41, 5.74) is 10.6. The topological polar surface area (TPSA) is 0 Å². The Morgan fingerprint density at radius 3 is 1.28 bits per heavy atom. The highest BCUT2D eigenvalue weighted by molar-refractivity contribution is 14.1. The van der Waals surface area contributed by atoms with Crippen LogP contribution in [0.15, 0.2) is 84.9 Å². The fraction of sp³-hybridized carbons (Fsp3) is 0.111. The summed E-state index contributed by atoms with van der Waals surface area (Å²) in [4.78, 5) is 0. The number of rotatable bonds is 4. The van der Waals surface area contributed by atoms with Crippen LogP contribution in [0.4, 0.5) is 0 Å². The summed E-state index contributed by atoms with van der Waals surface area (Å²) in [6.45, 7) is 4.36. The van der Waals surface area contributed by atoms with Gasteiger partial charge >= 0.3 is 0 Å². The van der Waals surface area contributed by atoms with Gasteiger partial charge in [-0.1, -0.05) is 71.8 Å². The molecule has 0 atom stereocenters. The molecule has 0 saturated carbocycles. The van der Waals surface area contributed by atoms with E-state index in [1.165, 1.54) is 51.6 Å². The van der Waals surface area contributed by atoms with Gasteiger partial charge in [0.15, 0.2) is 0 Å². The van der Waals surface area contributed by atoms with Gasteiger partial charge in [-0.25, -0.2) is 0 Å². The van der Waals surface area contributed by atoms with E-state index in [4.69, 9.17) is 0 Å². The molecule has 0 aliphatic carbocycles. The lowest BCUT2D eigenvalue weighted by Crippen LogP contribution is -1.97. The van der Waals surface area contributed by atoms with Gasteiger partial charge in [-0.15, -0.1) is 0 Å². The Morgan fingerprint density at radius 1 is 0.517 bits per heavy atom. The van der Waals surface area contributed by atoms with E-state index in [2.05, 4.69) is 144 Å². The molecule has 0 heterocycles. The lowest BCUT2D eigenvalue weighted by molar-refractivity contribution is 1.17. The van der Waals surface area contributed by atoms with Crippen molar-refractivity contribution < 1.29 is 0 Å². The van der Waals surface area contributed by atoms with Crippen LogP contribution < -0.4 is 0 Å². The third-order valence-corrected chi connectivity index (χ3v) is 6.65. The molecule has 4 aromatic rings. The molecule has 2 heteroatoms. The molecule has 0 nitrogen and oxygen atoms in total. The van der Waals surface area contributed by atoms with Crippen LogP contribution in [-0.2, 0) is 6.42 Å². The van der Waals surface area contributed by atoms with Crippen LogP contribution in [-0.4, -0.2) is 0 Å². The van der Waals surface area contributed by atoms with Gasteiger partial charge < -0.3 is 0 Å². The first kappa shape index (κ1) is 20.6. The average molecular weight is 600 g/mol. The smallest absolute Gasteiger partial charge is 0.0130 e. The molecule has 0 aliphatic heterocycles. The summed E-state index contributed by atoms with van der Waals surface area (Å²) >= 11 is 4.73. The van der Waals surface area contributed by atoms with E-state index in [1.807, 2.05) is 0 Å². The Bertz CT molecular complexity index is 1050. The predicted molar refractivity (Wildman–Crippen MR) is 141 cm³/mol. The van der Waals surface area contributed by atoms with Crippen LogP contribution in [0, 0.1) is 21.0 Å². The molecule has 0 amide bonds. The molecule has 0 radical (unpaired) electrons. The predicted octanol–water partition coefficient (Wildman–Crippen LogP) is 8.44. The highest BCUT2D eigenvalue weighted by Crippen LogP contribution is 2.32. The van der Waals surface area contributed by atoms with Crippen LogP contribution in [0.1, 0.15) is 22.3 Å². The minimum atomic E-state index is 0.923. The Hall–Kier alpha value is -1.66. The first-order chi connectivity index (χ1) is 14.0. The molecule has 0 unspecified atom stereocenters. The molecule has 4 aromatic carbocycles. The molecule has 144 valence electrons. The number of halogens is 2. The maximum atomic E-state index is 2.36. The van der Waals surface area contributed by atoms with Crippen molar-refractivity contribution in [3.8, 4) is 22.3 Å². The molecule has 0 fully saturated rings. The first-order valence-electron chi connectivity index (χ1n) is 9.70. The fourth-order valence-electron chi connectivity index (χ4n) is 3.76. The van der Waals surface area contributed by atoms with Crippen molar-refractivity contribution in [1.82, 2.24) is 0 Å². The van der Waals surface area contributed by atoms with Gasteiger partial charge in [0.05, 0.1) is 0 Å². The summed E-state index contributed by atoms with van der Waals surface area (Å²) in [5, 5.41) is 0. The summed E-state index contributed by atoms with van der Waals surface area (Å²) in [5.74, 6) is 0. The lowest BCUT2D eigenvalue weighted by atomic mass is 9.89. The van der Waals surface area contributed by atoms with Crippen molar-refractivity contribution in [3.63, 3.8) is 0 Å². The van der Waals surface area contributed by atoms with Crippen molar-refractivity contribution >= 4 is 45.2 Å². The molecule has 0 N–H and O–H groups in total. The van der Waals surface area contributed by atoms with Crippen LogP contribution >= 0.6 is 45.2 Å². The maximum absolute atomic E-state index is 2.36. The van der Waals surface area contributed by atoms with Gasteiger partial charge in [0.2, 0.25) is 0 Å². The van der Waals surface area contributed by atoms with Crippen molar-refractivity contribution in [2.75, 3.05) is 0 Å². The van der Waals surface area contributed by atoms with E-state index in [1.54, 1.807) is 0 Å². The van der Waals surface area contributed by atoms with Gasteiger partial charge in [-0.05, 0) is 123 Å². The summed E-state index contributed by atoms with van der Waals surface area (Å²) in [6.07, 6.45) is 0.923. The third-order valence-electron chi connectivity index (χ3n) is 5.21. The SMILES string of the molecule is Cc1ccc(-c2ccc(I)cc2)c(Cc2cc(C)ccc2-c2ccc(I)cc2)c1. The summed E-state index contributed by atoms with van der Waals surface area (Å²) in [6, 6.07) is 31.3. The number of benzene rings is 4. The first-order valence-corrected chi connectivity index (χ1v) is 11.9. The quantitative estimate of drug-likeness (QED) is 0.207. The zero-order valence-electron chi connectivity index (χ0n) is 16.5. The zero-order chi connectivity index (χ0) is 20.4. The van der Waals surface area contributed by atoms with Crippen molar-refractivity contribution in [1.29, 1.82) is 0 Å². The van der Waals surface area contributed by atoms with Gasteiger partial charge in [0.1, 0.15) is 0 Å². The highest BCUT2D eigenvalue weighted by Gasteiger charge is 2.11. The second-order valence-electron chi connectivity index (χ2n) is 7.51. The highest BCUT2D eigenvalue weighted by atomic mass is 127. The molecular formula is C27H22I2. The Morgan fingerprint density at radius 2 is 0.897 bits per heavy atom. The normalized spacial score (nSPS) is 10.9. The van der Waals surface area contributed by atoms with Crippen molar-refractivity contribution in [3.05, 3.63) is 114 Å². The Kier molecular flexibility index (Phi) is 6.40. The second-order valence-corrected chi connectivity index (χ2v) is 10.0. The second kappa shape index (κ2) is 9.00. The monoisotopic (exact) mass is 600 g/mol. The van der Waals surface area contributed by atoms with Crippen LogP contribution in [0.25, 0.3) is 22.3 Å². The molecule has 0 saturated heterocycles. The maximum Gasteiger partial charge on any atom is 0.0130 e. The van der Waals surface area contributed by atoms with Crippen LogP contribution in [0.5, 0.6) is 0 Å². The largest absolute Gasteiger partial charge is 0.0587 e. The van der Waals surface area contributed by atoms with E-state index in [9.17, 15) is 0 Å². The molecule has 0 bridgehead atoms. The number of hydrogen-bond donors (Lipinski definition) is 0. The molecule has 0 aromatic heterocycles. The minimum Gasteiger partial charge on any atom is -0.0587 e.